The summed E-state index contributed by atoms with van der Waals surface area (Å²) >= 11 is 0. The van der Waals surface area contributed by atoms with Crippen LogP contribution in [0.15, 0.2) is 39.9 Å². The van der Waals surface area contributed by atoms with E-state index in [1.165, 1.54) is 11.6 Å². The van der Waals surface area contributed by atoms with Crippen LogP contribution in [-0.2, 0) is 20.6 Å². The normalized spacial score (nSPS) is 17.1. The average molecular weight is 396 g/mol. The Bertz CT molecular complexity index is 1190. The Kier molecular flexibility index (Phi) is 4.86. The predicted molar refractivity (Wildman–Crippen MR) is 110 cm³/mol. The van der Waals surface area contributed by atoms with Crippen molar-refractivity contribution in [3.8, 4) is 0 Å². The predicted octanol–water partition coefficient (Wildman–Crippen LogP) is 1.11. The summed E-state index contributed by atoms with van der Waals surface area (Å²) in [6.45, 7) is 3.00. The summed E-state index contributed by atoms with van der Waals surface area (Å²) in [5.74, 6) is 0.619. The summed E-state index contributed by atoms with van der Waals surface area (Å²) in [5.41, 5.74) is 0.562. The smallest absolute Gasteiger partial charge is 0.291 e. The molecule has 0 spiro atoms. The van der Waals surface area contributed by atoms with Crippen molar-refractivity contribution in [1.82, 2.24) is 14.1 Å². The third kappa shape index (κ3) is 3.18. The summed E-state index contributed by atoms with van der Waals surface area (Å²) in [6, 6.07) is 9.33. The standard InChI is InChI=1S/C21H25N5O3/c1-14-9-7-8-12-25(14)20-22-18-17(19(28)24(3)21(29)23(18)2)26(20)13-16(27)15-10-5-4-6-11-15/h4-6,10-11,14H,7-9,12-13H2,1-3H3/p+1. The number of Topliss-reactive ketones (excluding diaryl/α,β-unsaturated/α-hetero) is 1. The number of carbonyl (C=O) groups excluding carboxylic acids is 1. The van der Waals surface area contributed by atoms with Gasteiger partial charge in [-0.25, -0.2) is 14.3 Å². The lowest BCUT2D eigenvalue weighted by Gasteiger charge is -2.28. The number of hydrogen-bond donors (Lipinski definition) is 1. The van der Waals surface area contributed by atoms with Crippen molar-refractivity contribution in [3.05, 3.63) is 56.7 Å². The molecule has 3 heterocycles. The molecule has 3 aromatic rings. The zero-order valence-corrected chi connectivity index (χ0v) is 17.0. The fourth-order valence-electron chi connectivity index (χ4n) is 4.14. The van der Waals surface area contributed by atoms with E-state index in [0.29, 0.717) is 22.7 Å². The molecule has 0 bridgehead atoms. The molecule has 1 aliphatic heterocycles. The highest BCUT2D eigenvalue weighted by Crippen LogP contribution is 2.22. The van der Waals surface area contributed by atoms with Gasteiger partial charge in [0, 0.05) is 19.7 Å². The number of fused-ring (bicyclic) bond motifs is 1. The first-order valence-electron chi connectivity index (χ1n) is 9.96. The van der Waals surface area contributed by atoms with Crippen LogP contribution in [0.4, 0.5) is 5.95 Å². The summed E-state index contributed by atoms with van der Waals surface area (Å²) in [7, 11) is 3.09. The lowest BCUT2D eigenvalue weighted by Crippen LogP contribution is -2.50. The number of aromatic nitrogens is 4. The number of ketones is 1. The first kappa shape index (κ1) is 19.2. The highest BCUT2D eigenvalue weighted by Gasteiger charge is 2.33. The summed E-state index contributed by atoms with van der Waals surface area (Å²) in [6.07, 6.45) is 3.24. The zero-order valence-electron chi connectivity index (χ0n) is 17.0. The Morgan fingerprint density at radius 1 is 1.14 bits per heavy atom. The molecule has 1 aliphatic rings. The molecule has 152 valence electrons. The van der Waals surface area contributed by atoms with E-state index in [9.17, 15) is 14.4 Å². The number of imidazole rings is 1. The van der Waals surface area contributed by atoms with Gasteiger partial charge in [0.1, 0.15) is 6.54 Å². The van der Waals surface area contributed by atoms with Crippen LogP contribution in [0.2, 0.25) is 0 Å². The van der Waals surface area contributed by atoms with Crippen molar-refractivity contribution < 1.29 is 9.36 Å². The van der Waals surface area contributed by atoms with Crippen molar-refractivity contribution in [1.29, 1.82) is 0 Å². The van der Waals surface area contributed by atoms with Crippen molar-refractivity contribution >= 4 is 22.9 Å². The van der Waals surface area contributed by atoms with Gasteiger partial charge in [0.15, 0.2) is 5.78 Å². The number of aryl methyl sites for hydroxylation is 1. The van der Waals surface area contributed by atoms with E-state index in [1.54, 1.807) is 23.7 Å². The molecule has 0 aliphatic carbocycles. The first-order valence-corrected chi connectivity index (χ1v) is 9.96. The number of nitrogens with zero attached hydrogens (tertiary/aromatic N) is 4. The quantitative estimate of drug-likeness (QED) is 0.529. The minimum atomic E-state index is -0.406. The number of anilines is 1. The number of nitrogens with one attached hydrogen (secondary N) is 1. The third-order valence-corrected chi connectivity index (χ3v) is 5.87. The lowest BCUT2D eigenvalue weighted by atomic mass is 10.0. The molecule has 1 fully saturated rings. The SMILES string of the molecule is CC1CCCCN1c1[nH]c2c(c(=O)n(C)c(=O)n2C)[n+]1CC(=O)c1ccccc1. The van der Waals surface area contributed by atoms with Crippen LogP contribution in [0, 0.1) is 0 Å². The van der Waals surface area contributed by atoms with Crippen molar-refractivity contribution in [2.75, 3.05) is 11.4 Å². The zero-order chi connectivity index (χ0) is 20.7. The number of carbonyl (C=O) groups is 1. The molecular formula is C21H26N5O3+. The van der Waals surface area contributed by atoms with Gasteiger partial charge in [-0.05, 0) is 26.2 Å². The fourth-order valence-corrected chi connectivity index (χ4v) is 4.14. The van der Waals surface area contributed by atoms with E-state index >= 15 is 0 Å². The number of hydrogen-bond acceptors (Lipinski definition) is 4. The van der Waals surface area contributed by atoms with E-state index < -0.39 is 11.2 Å². The number of rotatable bonds is 4. The molecule has 1 unspecified atom stereocenters. The Hall–Kier alpha value is -3.16. The molecule has 8 heteroatoms. The number of aromatic amines is 1. The van der Waals surface area contributed by atoms with Crippen LogP contribution in [0.1, 0.15) is 36.5 Å². The summed E-state index contributed by atoms with van der Waals surface area (Å²) in [4.78, 5) is 43.9. The van der Waals surface area contributed by atoms with E-state index in [4.69, 9.17) is 0 Å². The number of piperidine rings is 1. The molecule has 2 aromatic heterocycles. The van der Waals surface area contributed by atoms with Gasteiger partial charge in [0.2, 0.25) is 11.2 Å². The molecule has 1 atom stereocenters. The maximum atomic E-state index is 13.0. The van der Waals surface area contributed by atoms with E-state index in [1.807, 2.05) is 18.2 Å². The fraction of sp³-hybridized carbons (Fsp3) is 0.429. The highest BCUT2D eigenvalue weighted by atomic mass is 16.2. The molecular weight excluding hydrogens is 370 g/mol. The molecule has 8 nitrogen and oxygen atoms in total. The van der Waals surface area contributed by atoms with Gasteiger partial charge >= 0.3 is 11.6 Å². The van der Waals surface area contributed by atoms with Crippen LogP contribution in [0.3, 0.4) is 0 Å². The van der Waals surface area contributed by atoms with Crippen LogP contribution >= 0.6 is 0 Å². The van der Waals surface area contributed by atoms with Crippen LogP contribution in [0.5, 0.6) is 0 Å². The largest absolute Gasteiger partial charge is 0.360 e. The molecule has 4 rings (SSSR count). The molecule has 1 aromatic carbocycles. The van der Waals surface area contributed by atoms with Gasteiger partial charge in [-0.2, -0.15) is 0 Å². The number of benzene rings is 1. The molecule has 1 saturated heterocycles. The molecule has 29 heavy (non-hydrogen) atoms. The topological polar surface area (TPSA) is 84.0 Å². The van der Waals surface area contributed by atoms with Gasteiger partial charge < -0.3 is 0 Å². The second-order valence-corrected chi connectivity index (χ2v) is 7.77. The van der Waals surface area contributed by atoms with E-state index in [2.05, 4.69) is 16.8 Å². The van der Waals surface area contributed by atoms with Gasteiger partial charge in [-0.1, -0.05) is 30.3 Å². The van der Waals surface area contributed by atoms with Crippen LogP contribution < -0.4 is 20.7 Å². The molecule has 1 N–H and O–H groups in total. The molecule has 0 saturated carbocycles. The Balaban J connectivity index is 1.94. The van der Waals surface area contributed by atoms with E-state index in [0.717, 1.165) is 30.4 Å². The minimum absolute atomic E-state index is 0.0238. The average Bonchev–Trinajstić information content (AvgIpc) is 3.10. The van der Waals surface area contributed by atoms with Gasteiger partial charge in [-0.15, -0.1) is 0 Å². The Morgan fingerprint density at radius 2 is 1.86 bits per heavy atom. The maximum absolute atomic E-state index is 13.0. The minimum Gasteiger partial charge on any atom is -0.291 e. The van der Waals surface area contributed by atoms with Gasteiger partial charge in [0.25, 0.3) is 5.56 Å². The van der Waals surface area contributed by atoms with Crippen molar-refractivity contribution in [2.24, 2.45) is 14.1 Å². The maximum Gasteiger partial charge on any atom is 0.360 e. The highest BCUT2D eigenvalue weighted by molar-refractivity contribution is 5.95. The third-order valence-electron chi connectivity index (χ3n) is 5.87. The molecule has 0 radical (unpaired) electrons. The van der Waals surface area contributed by atoms with Crippen molar-refractivity contribution in [3.63, 3.8) is 0 Å². The van der Waals surface area contributed by atoms with Crippen LogP contribution in [0.25, 0.3) is 11.2 Å². The second kappa shape index (κ2) is 7.35. The lowest BCUT2D eigenvalue weighted by molar-refractivity contribution is -0.645. The van der Waals surface area contributed by atoms with Gasteiger partial charge in [-0.3, -0.25) is 23.6 Å². The molecule has 0 amide bonds. The van der Waals surface area contributed by atoms with Crippen molar-refractivity contribution in [2.45, 2.75) is 38.8 Å². The number of H-pyrrole nitrogens is 1. The summed E-state index contributed by atoms with van der Waals surface area (Å²) in [5, 5.41) is 0. The Labute approximate surface area is 168 Å². The summed E-state index contributed by atoms with van der Waals surface area (Å²) < 4.78 is 4.26. The Morgan fingerprint density at radius 3 is 2.55 bits per heavy atom. The second-order valence-electron chi connectivity index (χ2n) is 7.77. The van der Waals surface area contributed by atoms with Crippen LogP contribution in [-0.4, -0.2) is 32.5 Å². The first-order chi connectivity index (χ1) is 13.9. The van der Waals surface area contributed by atoms with E-state index in [-0.39, 0.29) is 18.4 Å². The monoisotopic (exact) mass is 396 g/mol. The van der Waals surface area contributed by atoms with Gasteiger partial charge in [0.05, 0.1) is 12.6 Å².